The summed E-state index contributed by atoms with van der Waals surface area (Å²) < 4.78 is 27.8. The van der Waals surface area contributed by atoms with Gasteiger partial charge >= 0.3 is 0 Å². The molecule has 0 bridgehead atoms. The van der Waals surface area contributed by atoms with Gasteiger partial charge in [0.25, 0.3) is 5.56 Å². The Morgan fingerprint density at radius 2 is 1.67 bits per heavy atom. The van der Waals surface area contributed by atoms with Gasteiger partial charge in [-0.3, -0.25) is 4.79 Å². The van der Waals surface area contributed by atoms with Gasteiger partial charge in [-0.05, 0) is 73.9 Å². The van der Waals surface area contributed by atoms with Gasteiger partial charge in [-0.25, -0.2) is 13.1 Å². The zero-order chi connectivity index (χ0) is 19.8. The first-order chi connectivity index (χ1) is 12.7. The SMILES string of the molecule is Cc1ccc(C)c(S(=O)(=O)NCCc2cc3ccc(C)c(C)c3[nH]c2=O)c1. The van der Waals surface area contributed by atoms with E-state index in [1.807, 2.05) is 45.0 Å². The van der Waals surface area contributed by atoms with Crippen LogP contribution in [0.3, 0.4) is 0 Å². The number of fused-ring (bicyclic) bond motifs is 1. The summed E-state index contributed by atoms with van der Waals surface area (Å²) in [6, 6.07) is 11.2. The van der Waals surface area contributed by atoms with E-state index in [0.29, 0.717) is 17.5 Å². The zero-order valence-corrected chi connectivity index (χ0v) is 16.8. The molecule has 6 heteroatoms. The molecule has 2 aromatic carbocycles. The maximum absolute atomic E-state index is 12.6. The maximum atomic E-state index is 12.6. The lowest BCUT2D eigenvalue weighted by Gasteiger charge is -2.11. The van der Waals surface area contributed by atoms with E-state index >= 15 is 0 Å². The summed E-state index contributed by atoms with van der Waals surface area (Å²) in [7, 11) is -3.61. The van der Waals surface area contributed by atoms with Crippen LogP contribution >= 0.6 is 0 Å². The first-order valence-electron chi connectivity index (χ1n) is 8.88. The summed E-state index contributed by atoms with van der Waals surface area (Å²) in [5.41, 5.74) is 4.97. The van der Waals surface area contributed by atoms with E-state index in [-0.39, 0.29) is 17.0 Å². The lowest BCUT2D eigenvalue weighted by molar-refractivity contribution is 0.581. The average molecular weight is 385 g/mol. The summed E-state index contributed by atoms with van der Waals surface area (Å²) in [6.45, 7) is 7.77. The Kier molecular flexibility index (Phi) is 5.22. The van der Waals surface area contributed by atoms with Crippen LogP contribution in [0.1, 0.15) is 27.8 Å². The Bertz CT molecular complexity index is 1180. The van der Waals surface area contributed by atoms with E-state index in [2.05, 4.69) is 9.71 Å². The Morgan fingerprint density at radius 1 is 0.963 bits per heavy atom. The van der Waals surface area contributed by atoms with Crippen molar-refractivity contribution in [1.29, 1.82) is 0 Å². The number of sulfonamides is 1. The number of aromatic amines is 1. The van der Waals surface area contributed by atoms with Crippen molar-refractivity contribution in [2.24, 2.45) is 0 Å². The van der Waals surface area contributed by atoms with Gasteiger partial charge in [-0.1, -0.05) is 24.3 Å². The summed E-state index contributed by atoms with van der Waals surface area (Å²) in [5.74, 6) is 0. The number of aryl methyl sites for hydroxylation is 4. The van der Waals surface area contributed by atoms with E-state index < -0.39 is 10.0 Å². The Labute approximate surface area is 159 Å². The van der Waals surface area contributed by atoms with Crippen molar-refractivity contribution in [2.45, 2.75) is 39.0 Å². The van der Waals surface area contributed by atoms with Crippen LogP contribution in [0.4, 0.5) is 0 Å². The molecule has 5 nitrogen and oxygen atoms in total. The largest absolute Gasteiger partial charge is 0.321 e. The third-order valence-electron chi connectivity index (χ3n) is 4.95. The fraction of sp³-hybridized carbons (Fsp3) is 0.286. The third kappa shape index (κ3) is 3.96. The molecule has 3 aromatic rings. The molecule has 0 spiro atoms. The highest BCUT2D eigenvalue weighted by molar-refractivity contribution is 7.89. The average Bonchev–Trinajstić information content (AvgIpc) is 2.61. The molecule has 0 radical (unpaired) electrons. The molecule has 0 saturated heterocycles. The van der Waals surface area contributed by atoms with Gasteiger partial charge in [-0.2, -0.15) is 0 Å². The smallest absolute Gasteiger partial charge is 0.251 e. The summed E-state index contributed by atoms with van der Waals surface area (Å²) in [6.07, 6.45) is 0.322. The van der Waals surface area contributed by atoms with Crippen molar-refractivity contribution in [1.82, 2.24) is 9.71 Å². The van der Waals surface area contributed by atoms with Crippen molar-refractivity contribution < 1.29 is 8.42 Å². The van der Waals surface area contributed by atoms with Gasteiger partial charge < -0.3 is 4.98 Å². The van der Waals surface area contributed by atoms with Gasteiger partial charge in [0.2, 0.25) is 10.0 Å². The predicted molar refractivity (Wildman–Crippen MR) is 109 cm³/mol. The lowest BCUT2D eigenvalue weighted by Crippen LogP contribution is -2.28. The molecule has 142 valence electrons. The summed E-state index contributed by atoms with van der Waals surface area (Å²) in [5, 5.41) is 0.949. The number of hydrogen-bond donors (Lipinski definition) is 2. The maximum Gasteiger partial charge on any atom is 0.251 e. The number of hydrogen-bond acceptors (Lipinski definition) is 3. The Morgan fingerprint density at radius 3 is 2.41 bits per heavy atom. The second-order valence-electron chi connectivity index (χ2n) is 7.01. The van der Waals surface area contributed by atoms with E-state index in [1.54, 1.807) is 19.1 Å². The standard InChI is InChI=1S/C21H24N2O3S/c1-13-5-6-15(3)19(11-13)27(25,26)22-10-9-18-12-17-8-7-14(2)16(4)20(17)23-21(18)24/h5-8,11-12,22H,9-10H2,1-4H3,(H,23,24). The predicted octanol–water partition coefficient (Wildman–Crippen LogP) is 3.28. The third-order valence-corrected chi connectivity index (χ3v) is 6.55. The molecule has 0 saturated carbocycles. The van der Waals surface area contributed by atoms with Crippen LogP contribution in [-0.4, -0.2) is 19.9 Å². The molecule has 0 amide bonds. The van der Waals surface area contributed by atoms with Crippen LogP contribution < -0.4 is 10.3 Å². The number of nitrogens with one attached hydrogen (secondary N) is 2. The molecular weight excluding hydrogens is 360 g/mol. The van der Waals surface area contributed by atoms with Crippen LogP contribution in [0.25, 0.3) is 10.9 Å². The monoisotopic (exact) mass is 384 g/mol. The molecule has 27 heavy (non-hydrogen) atoms. The van der Waals surface area contributed by atoms with Crippen LogP contribution in [0.2, 0.25) is 0 Å². The quantitative estimate of drug-likeness (QED) is 0.708. The number of pyridine rings is 1. The molecule has 0 atom stereocenters. The van der Waals surface area contributed by atoms with E-state index in [1.165, 1.54) is 0 Å². The summed E-state index contributed by atoms with van der Waals surface area (Å²) in [4.78, 5) is 15.6. The van der Waals surface area contributed by atoms with Crippen molar-refractivity contribution in [3.63, 3.8) is 0 Å². The molecule has 0 unspecified atom stereocenters. The van der Waals surface area contributed by atoms with E-state index in [4.69, 9.17) is 0 Å². The minimum atomic E-state index is -3.61. The second kappa shape index (κ2) is 7.29. The lowest BCUT2D eigenvalue weighted by atomic mass is 10.0. The van der Waals surface area contributed by atoms with Crippen molar-refractivity contribution in [3.8, 4) is 0 Å². The molecular formula is C21H24N2O3S. The van der Waals surface area contributed by atoms with Gasteiger partial charge in [0.05, 0.1) is 10.4 Å². The van der Waals surface area contributed by atoms with Crippen molar-refractivity contribution in [2.75, 3.05) is 6.54 Å². The second-order valence-corrected chi connectivity index (χ2v) is 8.75. The highest BCUT2D eigenvalue weighted by Gasteiger charge is 2.17. The normalized spacial score (nSPS) is 11.9. The van der Waals surface area contributed by atoms with E-state index in [9.17, 15) is 13.2 Å². The molecule has 1 aromatic heterocycles. The number of rotatable bonds is 5. The molecule has 3 rings (SSSR count). The van der Waals surface area contributed by atoms with Crippen LogP contribution in [0, 0.1) is 27.7 Å². The van der Waals surface area contributed by atoms with Gasteiger partial charge in [0.1, 0.15) is 0 Å². The molecule has 0 aliphatic carbocycles. The minimum Gasteiger partial charge on any atom is -0.321 e. The Balaban J connectivity index is 1.81. The number of aromatic nitrogens is 1. The molecule has 2 N–H and O–H groups in total. The Hall–Kier alpha value is -2.44. The molecule has 0 aliphatic rings. The van der Waals surface area contributed by atoms with Crippen LogP contribution in [0.5, 0.6) is 0 Å². The van der Waals surface area contributed by atoms with Gasteiger partial charge in [0, 0.05) is 12.1 Å². The van der Waals surface area contributed by atoms with Crippen molar-refractivity contribution >= 4 is 20.9 Å². The minimum absolute atomic E-state index is 0.162. The van der Waals surface area contributed by atoms with E-state index in [0.717, 1.165) is 27.6 Å². The fourth-order valence-corrected chi connectivity index (χ4v) is 4.51. The zero-order valence-electron chi connectivity index (χ0n) is 16.0. The first kappa shape index (κ1) is 19.3. The number of H-pyrrole nitrogens is 1. The van der Waals surface area contributed by atoms with Crippen molar-refractivity contribution in [3.05, 3.63) is 74.6 Å². The van der Waals surface area contributed by atoms with Gasteiger partial charge in [0.15, 0.2) is 0 Å². The number of benzene rings is 2. The highest BCUT2D eigenvalue weighted by atomic mass is 32.2. The molecule has 0 fully saturated rings. The van der Waals surface area contributed by atoms with Gasteiger partial charge in [-0.15, -0.1) is 0 Å². The van der Waals surface area contributed by atoms with Crippen LogP contribution in [-0.2, 0) is 16.4 Å². The first-order valence-corrected chi connectivity index (χ1v) is 10.4. The molecule has 0 aliphatic heterocycles. The topological polar surface area (TPSA) is 79.0 Å². The van der Waals surface area contributed by atoms with Crippen LogP contribution in [0.15, 0.2) is 46.1 Å². The summed E-state index contributed by atoms with van der Waals surface area (Å²) >= 11 is 0. The molecule has 1 heterocycles. The fourth-order valence-electron chi connectivity index (χ4n) is 3.15. The highest BCUT2D eigenvalue weighted by Crippen LogP contribution is 2.19.